The number of benzene rings is 1. The number of fused-ring (bicyclic) bond motifs is 1. The number of pyridine rings is 1. The Bertz CT molecular complexity index is 772. The van der Waals surface area contributed by atoms with Crippen molar-refractivity contribution in [3.05, 3.63) is 48.3 Å². The van der Waals surface area contributed by atoms with Crippen LogP contribution in [0.15, 0.2) is 42.7 Å². The van der Waals surface area contributed by atoms with Crippen LogP contribution in [0, 0.1) is 11.3 Å². The summed E-state index contributed by atoms with van der Waals surface area (Å²) in [5.74, 6) is 0.634. The van der Waals surface area contributed by atoms with Crippen molar-refractivity contribution in [2.75, 3.05) is 11.9 Å². The van der Waals surface area contributed by atoms with E-state index in [1.165, 1.54) is 0 Å². The lowest BCUT2D eigenvalue weighted by Gasteiger charge is -2.08. The van der Waals surface area contributed by atoms with Gasteiger partial charge in [-0.15, -0.1) is 5.10 Å². The standard InChI is InChI=1S/C15H14N6/c16-11-13-10-12-4-1-2-5-14(12)19-15(13)17-6-3-8-21-9-7-18-20-21/h1-2,4-5,7,9-10H,3,6,8H2,(H,17,19). The molecule has 6 heteroatoms. The normalized spacial score (nSPS) is 10.4. The predicted octanol–water partition coefficient (Wildman–Crippen LogP) is 2.20. The first-order valence-corrected chi connectivity index (χ1v) is 6.75. The Balaban J connectivity index is 1.69. The fourth-order valence-electron chi connectivity index (χ4n) is 2.14. The monoisotopic (exact) mass is 278 g/mol. The summed E-state index contributed by atoms with van der Waals surface area (Å²) >= 11 is 0. The Labute approximate surface area is 122 Å². The SMILES string of the molecule is N#Cc1cc2ccccc2nc1NCCCn1ccnn1. The third-order valence-electron chi connectivity index (χ3n) is 3.17. The second-order valence-electron chi connectivity index (χ2n) is 4.64. The van der Waals surface area contributed by atoms with Gasteiger partial charge in [0.2, 0.25) is 0 Å². The minimum atomic E-state index is 0.564. The summed E-state index contributed by atoms with van der Waals surface area (Å²) in [6.07, 6.45) is 4.36. The fraction of sp³-hybridized carbons (Fsp3) is 0.200. The van der Waals surface area contributed by atoms with Crippen LogP contribution in [0.5, 0.6) is 0 Å². The summed E-state index contributed by atoms with van der Waals surface area (Å²) in [5, 5.41) is 21.1. The molecule has 0 saturated heterocycles. The van der Waals surface area contributed by atoms with E-state index in [9.17, 15) is 5.26 Å². The number of rotatable bonds is 5. The highest BCUT2D eigenvalue weighted by Crippen LogP contribution is 2.19. The molecular weight excluding hydrogens is 264 g/mol. The molecule has 3 aromatic rings. The van der Waals surface area contributed by atoms with Gasteiger partial charge in [-0.05, 0) is 18.6 Å². The zero-order valence-electron chi connectivity index (χ0n) is 11.4. The molecule has 0 saturated carbocycles. The van der Waals surface area contributed by atoms with Gasteiger partial charge >= 0.3 is 0 Å². The number of aryl methyl sites for hydroxylation is 1. The molecule has 0 unspecified atom stereocenters. The van der Waals surface area contributed by atoms with Gasteiger partial charge in [-0.3, -0.25) is 4.68 Å². The topological polar surface area (TPSA) is 79.4 Å². The number of nitrogens with zero attached hydrogens (tertiary/aromatic N) is 5. The van der Waals surface area contributed by atoms with Crippen molar-refractivity contribution in [2.45, 2.75) is 13.0 Å². The lowest BCUT2D eigenvalue weighted by atomic mass is 10.1. The molecule has 0 amide bonds. The third-order valence-corrected chi connectivity index (χ3v) is 3.17. The zero-order valence-corrected chi connectivity index (χ0v) is 11.4. The van der Waals surface area contributed by atoms with Gasteiger partial charge in [0, 0.05) is 24.7 Å². The molecule has 104 valence electrons. The smallest absolute Gasteiger partial charge is 0.144 e. The van der Waals surface area contributed by atoms with Crippen molar-refractivity contribution in [1.29, 1.82) is 5.26 Å². The lowest BCUT2D eigenvalue weighted by molar-refractivity contribution is 0.569. The highest BCUT2D eigenvalue weighted by molar-refractivity contribution is 5.82. The van der Waals surface area contributed by atoms with Crippen molar-refractivity contribution in [1.82, 2.24) is 20.0 Å². The molecule has 0 aliphatic heterocycles. The van der Waals surface area contributed by atoms with Crippen molar-refractivity contribution in [3.8, 4) is 6.07 Å². The highest BCUT2D eigenvalue weighted by atomic mass is 15.4. The number of aromatic nitrogens is 4. The van der Waals surface area contributed by atoms with Gasteiger partial charge in [0.05, 0.1) is 17.3 Å². The van der Waals surface area contributed by atoms with E-state index in [0.29, 0.717) is 11.4 Å². The minimum absolute atomic E-state index is 0.564. The van der Waals surface area contributed by atoms with Crippen LogP contribution in [0.2, 0.25) is 0 Å². The van der Waals surface area contributed by atoms with Gasteiger partial charge in [-0.2, -0.15) is 5.26 Å². The highest BCUT2D eigenvalue weighted by Gasteiger charge is 2.05. The maximum atomic E-state index is 9.23. The van der Waals surface area contributed by atoms with Gasteiger partial charge in [0.25, 0.3) is 0 Å². The number of nitrogens with one attached hydrogen (secondary N) is 1. The van der Waals surface area contributed by atoms with Crippen molar-refractivity contribution < 1.29 is 0 Å². The minimum Gasteiger partial charge on any atom is -0.369 e. The fourth-order valence-corrected chi connectivity index (χ4v) is 2.14. The Kier molecular flexibility index (Phi) is 3.74. The van der Waals surface area contributed by atoms with E-state index in [2.05, 4.69) is 26.7 Å². The van der Waals surface area contributed by atoms with Gasteiger partial charge in [-0.25, -0.2) is 4.98 Å². The van der Waals surface area contributed by atoms with E-state index in [1.807, 2.05) is 36.5 Å². The summed E-state index contributed by atoms with van der Waals surface area (Å²) in [6, 6.07) is 11.8. The van der Waals surface area contributed by atoms with Crippen LogP contribution in [-0.4, -0.2) is 26.5 Å². The zero-order chi connectivity index (χ0) is 14.5. The molecule has 0 radical (unpaired) electrons. The van der Waals surface area contributed by atoms with Gasteiger partial charge in [0.1, 0.15) is 11.9 Å². The van der Waals surface area contributed by atoms with Crippen molar-refractivity contribution in [3.63, 3.8) is 0 Å². The molecule has 1 aromatic carbocycles. The molecular formula is C15H14N6. The van der Waals surface area contributed by atoms with Gasteiger partial charge < -0.3 is 5.32 Å². The van der Waals surface area contributed by atoms with E-state index in [-0.39, 0.29) is 0 Å². The first-order chi connectivity index (χ1) is 10.4. The summed E-state index contributed by atoms with van der Waals surface area (Å²) in [5.41, 5.74) is 1.45. The molecule has 1 N–H and O–H groups in total. The Morgan fingerprint density at radius 3 is 3.00 bits per heavy atom. The van der Waals surface area contributed by atoms with E-state index >= 15 is 0 Å². The predicted molar refractivity (Wildman–Crippen MR) is 79.6 cm³/mol. The Morgan fingerprint density at radius 2 is 2.19 bits per heavy atom. The number of hydrogen-bond donors (Lipinski definition) is 1. The summed E-state index contributed by atoms with van der Waals surface area (Å²) in [4.78, 5) is 4.51. The first kappa shape index (κ1) is 13.1. The van der Waals surface area contributed by atoms with Gasteiger partial charge in [0.15, 0.2) is 0 Å². The van der Waals surface area contributed by atoms with Crippen LogP contribution in [0.3, 0.4) is 0 Å². The first-order valence-electron chi connectivity index (χ1n) is 6.75. The molecule has 0 spiro atoms. The number of para-hydroxylation sites is 1. The number of nitriles is 1. The summed E-state index contributed by atoms with van der Waals surface area (Å²) in [6.45, 7) is 1.50. The molecule has 0 fully saturated rings. The van der Waals surface area contributed by atoms with Crippen LogP contribution in [-0.2, 0) is 6.54 Å². The van der Waals surface area contributed by atoms with Crippen LogP contribution < -0.4 is 5.32 Å². The Hall–Kier alpha value is -2.94. The van der Waals surface area contributed by atoms with Crippen LogP contribution in [0.25, 0.3) is 10.9 Å². The summed E-state index contributed by atoms with van der Waals surface area (Å²) in [7, 11) is 0. The van der Waals surface area contributed by atoms with Crippen molar-refractivity contribution >= 4 is 16.7 Å². The van der Waals surface area contributed by atoms with E-state index in [1.54, 1.807) is 10.9 Å². The third kappa shape index (κ3) is 2.98. The van der Waals surface area contributed by atoms with E-state index in [0.717, 1.165) is 30.4 Å². The molecule has 3 rings (SSSR count). The summed E-state index contributed by atoms with van der Waals surface area (Å²) < 4.78 is 1.78. The second-order valence-corrected chi connectivity index (χ2v) is 4.64. The van der Waals surface area contributed by atoms with Gasteiger partial charge in [-0.1, -0.05) is 23.4 Å². The molecule has 0 aliphatic rings. The molecule has 6 nitrogen and oxygen atoms in total. The number of anilines is 1. The average molecular weight is 278 g/mol. The quantitative estimate of drug-likeness (QED) is 0.724. The van der Waals surface area contributed by atoms with Crippen LogP contribution in [0.4, 0.5) is 5.82 Å². The lowest BCUT2D eigenvalue weighted by Crippen LogP contribution is -2.09. The molecule has 0 bridgehead atoms. The van der Waals surface area contributed by atoms with E-state index < -0.39 is 0 Å². The number of hydrogen-bond acceptors (Lipinski definition) is 5. The molecule has 21 heavy (non-hydrogen) atoms. The molecule has 0 atom stereocenters. The van der Waals surface area contributed by atoms with Crippen LogP contribution >= 0.6 is 0 Å². The molecule has 2 heterocycles. The second kappa shape index (κ2) is 6.01. The Morgan fingerprint density at radius 1 is 1.29 bits per heavy atom. The van der Waals surface area contributed by atoms with Crippen LogP contribution in [0.1, 0.15) is 12.0 Å². The maximum absolute atomic E-state index is 9.23. The molecule has 0 aliphatic carbocycles. The molecule has 2 aromatic heterocycles. The van der Waals surface area contributed by atoms with E-state index in [4.69, 9.17) is 0 Å². The maximum Gasteiger partial charge on any atom is 0.144 e. The van der Waals surface area contributed by atoms with Crippen molar-refractivity contribution in [2.24, 2.45) is 0 Å². The largest absolute Gasteiger partial charge is 0.369 e. The average Bonchev–Trinajstić information content (AvgIpc) is 3.04.